The van der Waals surface area contributed by atoms with Gasteiger partial charge in [0.05, 0.1) is 5.56 Å². The van der Waals surface area contributed by atoms with Gasteiger partial charge in [-0.25, -0.2) is 4.79 Å². The van der Waals surface area contributed by atoms with Crippen LogP contribution in [0.25, 0.3) is 10.8 Å². The van der Waals surface area contributed by atoms with Gasteiger partial charge >= 0.3 is 5.97 Å². The molecule has 0 fully saturated rings. The van der Waals surface area contributed by atoms with Gasteiger partial charge in [0.2, 0.25) is 0 Å². The van der Waals surface area contributed by atoms with Gasteiger partial charge in [-0.05, 0) is 35.0 Å². The third-order valence-corrected chi connectivity index (χ3v) is 2.28. The minimum Gasteiger partial charge on any atom is -0.478 e. The molecule has 2 nitrogen and oxygen atoms in total. The smallest absolute Gasteiger partial charge is 0.335 e. The molecular weight excluding hydrogens is 200 g/mol. The van der Waals surface area contributed by atoms with Crippen molar-refractivity contribution < 1.29 is 9.90 Å². The first-order valence-corrected chi connectivity index (χ1v) is 4.47. The first-order chi connectivity index (χ1) is 6.66. The Morgan fingerprint density at radius 2 is 1.71 bits per heavy atom. The molecule has 0 saturated heterocycles. The van der Waals surface area contributed by atoms with Gasteiger partial charge in [0.15, 0.2) is 0 Å². The Labute approximate surface area is 85.7 Å². The molecule has 14 heavy (non-hydrogen) atoms. The molecule has 3 heteroatoms. The summed E-state index contributed by atoms with van der Waals surface area (Å²) in [7, 11) is 0. The highest BCUT2D eigenvalue weighted by Gasteiger charge is 2.03. The predicted octanol–water partition coefficient (Wildman–Crippen LogP) is 3.19. The van der Waals surface area contributed by atoms with E-state index in [-0.39, 0.29) is 0 Å². The zero-order valence-electron chi connectivity index (χ0n) is 7.20. The van der Waals surface area contributed by atoms with Crippen molar-refractivity contribution in [1.29, 1.82) is 0 Å². The Kier molecular flexibility index (Phi) is 2.14. The van der Waals surface area contributed by atoms with E-state index in [1.807, 2.05) is 12.1 Å². The summed E-state index contributed by atoms with van der Waals surface area (Å²) in [5.41, 5.74) is 0.292. The van der Waals surface area contributed by atoms with E-state index in [9.17, 15) is 4.79 Å². The number of rotatable bonds is 1. The fourth-order valence-electron chi connectivity index (χ4n) is 1.35. The standard InChI is InChI=1S/C11H7ClO2/c12-10-4-3-7-5-9(11(13)14)2-1-8(7)6-10/h1-6H,(H,13,14). The van der Waals surface area contributed by atoms with E-state index in [4.69, 9.17) is 16.7 Å². The molecule has 0 aliphatic rings. The summed E-state index contributed by atoms with van der Waals surface area (Å²) in [6.07, 6.45) is 0. The lowest BCUT2D eigenvalue weighted by atomic mass is 10.1. The molecule has 70 valence electrons. The highest BCUT2D eigenvalue weighted by molar-refractivity contribution is 6.31. The van der Waals surface area contributed by atoms with Gasteiger partial charge in [0.25, 0.3) is 0 Å². The van der Waals surface area contributed by atoms with Crippen LogP contribution in [-0.4, -0.2) is 11.1 Å². The van der Waals surface area contributed by atoms with Gasteiger partial charge in [-0.15, -0.1) is 0 Å². The third kappa shape index (κ3) is 1.56. The summed E-state index contributed by atoms with van der Waals surface area (Å²) < 4.78 is 0. The van der Waals surface area contributed by atoms with E-state index in [0.717, 1.165) is 10.8 Å². The molecular formula is C11H7ClO2. The lowest BCUT2D eigenvalue weighted by molar-refractivity contribution is 0.0697. The second-order valence-electron chi connectivity index (χ2n) is 3.01. The first-order valence-electron chi connectivity index (χ1n) is 4.09. The van der Waals surface area contributed by atoms with Gasteiger partial charge in [-0.1, -0.05) is 23.7 Å². The van der Waals surface area contributed by atoms with E-state index >= 15 is 0 Å². The van der Waals surface area contributed by atoms with Crippen LogP contribution in [0.4, 0.5) is 0 Å². The highest BCUT2D eigenvalue weighted by Crippen LogP contribution is 2.20. The Balaban J connectivity index is 2.67. The van der Waals surface area contributed by atoms with Crippen molar-refractivity contribution in [2.75, 3.05) is 0 Å². The van der Waals surface area contributed by atoms with E-state index in [0.29, 0.717) is 10.6 Å². The fraction of sp³-hybridized carbons (Fsp3) is 0. The number of carbonyl (C=O) groups is 1. The topological polar surface area (TPSA) is 37.3 Å². The maximum atomic E-state index is 10.7. The zero-order chi connectivity index (χ0) is 10.1. The molecule has 0 atom stereocenters. The van der Waals surface area contributed by atoms with E-state index in [1.165, 1.54) is 0 Å². The lowest BCUT2D eigenvalue weighted by Crippen LogP contribution is -1.94. The predicted molar refractivity (Wildman–Crippen MR) is 55.9 cm³/mol. The van der Waals surface area contributed by atoms with Crippen molar-refractivity contribution >= 4 is 28.3 Å². The molecule has 0 bridgehead atoms. The maximum absolute atomic E-state index is 10.7. The second-order valence-corrected chi connectivity index (χ2v) is 3.45. The number of fused-ring (bicyclic) bond motifs is 1. The zero-order valence-corrected chi connectivity index (χ0v) is 7.95. The number of carboxylic acid groups (broad SMARTS) is 1. The third-order valence-electron chi connectivity index (χ3n) is 2.05. The average Bonchev–Trinajstić information content (AvgIpc) is 2.16. The summed E-state index contributed by atoms with van der Waals surface area (Å²) in [6, 6.07) is 10.3. The van der Waals surface area contributed by atoms with Gasteiger partial charge < -0.3 is 5.11 Å². The molecule has 2 aromatic rings. The van der Waals surface area contributed by atoms with Crippen LogP contribution >= 0.6 is 11.6 Å². The van der Waals surface area contributed by atoms with Crippen LogP contribution in [0.5, 0.6) is 0 Å². The van der Waals surface area contributed by atoms with Crippen LogP contribution in [0.3, 0.4) is 0 Å². The van der Waals surface area contributed by atoms with Gasteiger partial charge in [0, 0.05) is 5.02 Å². The minimum atomic E-state index is -0.915. The molecule has 0 spiro atoms. The molecule has 0 heterocycles. The molecule has 2 aromatic carbocycles. The van der Waals surface area contributed by atoms with Gasteiger partial charge in [-0.3, -0.25) is 0 Å². The molecule has 0 aliphatic heterocycles. The number of hydrogen-bond acceptors (Lipinski definition) is 1. The SMILES string of the molecule is O=C(O)c1ccc2cc(Cl)ccc2c1. The molecule has 0 radical (unpaired) electrons. The van der Waals surface area contributed by atoms with Crippen LogP contribution in [0.2, 0.25) is 5.02 Å². The molecule has 0 unspecified atom stereocenters. The molecule has 0 saturated carbocycles. The quantitative estimate of drug-likeness (QED) is 0.778. The van der Waals surface area contributed by atoms with Crippen LogP contribution in [0, 0.1) is 0 Å². The Bertz CT molecular complexity index is 506. The lowest BCUT2D eigenvalue weighted by Gasteiger charge is -1.99. The molecule has 0 aliphatic carbocycles. The summed E-state index contributed by atoms with van der Waals surface area (Å²) in [5, 5.41) is 11.3. The number of aromatic carboxylic acids is 1. The first kappa shape index (κ1) is 9.03. The minimum absolute atomic E-state index is 0.292. The van der Waals surface area contributed by atoms with E-state index in [2.05, 4.69) is 0 Å². The van der Waals surface area contributed by atoms with Crippen LogP contribution in [-0.2, 0) is 0 Å². The van der Waals surface area contributed by atoms with E-state index < -0.39 is 5.97 Å². The van der Waals surface area contributed by atoms with Crippen LogP contribution in [0.15, 0.2) is 36.4 Å². The van der Waals surface area contributed by atoms with Crippen LogP contribution in [0.1, 0.15) is 10.4 Å². The average molecular weight is 207 g/mol. The summed E-state index contributed by atoms with van der Waals surface area (Å²) >= 11 is 5.80. The Hall–Kier alpha value is -1.54. The summed E-state index contributed by atoms with van der Waals surface area (Å²) in [5.74, 6) is -0.915. The monoisotopic (exact) mass is 206 g/mol. The van der Waals surface area contributed by atoms with Crippen molar-refractivity contribution in [3.63, 3.8) is 0 Å². The molecule has 1 N–H and O–H groups in total. The van der Waals surface area contributed by atoms with Gasteiger partial charge in [-0.2, -0.15) is 0 Å². The molecule has 0 aromatic heterocycles. The van der Waals surface area contributed by atoms with Crippen LogP contribution < -0.4 is 0 Å². The summed E-state index contributed by atoms with van der Waals surface area (Å²) in [6.45, 7) is 0. The number of halogens is 1. The fourth-order valence-corrected chi connectivity index (χ4v) is 1.53. The van der Waals surface area contributed by atoms with Crippen molar-refractivity contribution in [1.82, 2.24) is 0 Å². The molecule has 0 amide bonds. The number of carboxylic acids is 1. The Morgan fingerprint density at radius 3 is 2.43 bits per heavy atom. The second kappa shape index (κ2) is 3.31. The van der Waals surface area contributed by atoms with E-state index in [1.54, 1.807) is 24.3 Å². The molecule has 2 rings (SSSR count). The largest absolute Gasteiger partial charge is 0.478 e. The normalized spacial score (nSPS) is 10.4. The highest BCUT2D eigenvalue weighted by atomic mass is 35.5. The van der Waals surface area contributed by atoms with Crippen molar-refractivity contribution in [2.45, 2.75) is 0 Å². The van der Waals surface area contributed by atoms with Crippen molar-refractivity contribution in [3.8, 4) is 0 Å². The maximum Gasteiger partial charge on any atom is 0.335 e. The van der Waals surface area contributed by atoms with Crippen molar-refractivity contribution in [2.24, 2.45) is 0 Å². The van der Waals surface area contributed by atoms with Crippen molar-refractivity contribution in [3.05, 3.63) is 47.0 Å². The Morgan fingerprint density at radius 1 is 1.07 bits per heavy atom. The number of hydrogen-bond donors (Lipinski definition) is 1. The number of benzene rings is 2. The van der Waals surface area contributed by atoms with Gasteiger partial charge in [0.1, 0.15) is 0 Å². The summed E-state index contributed by atoms with van der Waals surface area (Å²) in [4.78, 5) is 10.7.